The first-order valence-corrected chi connectivity index (χ1v) is 18.1. The second-order valence-corrected chi connectivity index (χ2v) is 14.3. The van der Waals surface area contributed by atoms with Crippen LogP contribution >= 0.6 is 11.6 Å². The smallest absolute Gasteiger partial charge is 0.222 e. The van der Waals surface area contributed by atoms with Gasteiger partial charge in [0.25, 0.3) is 0 Å². The number of halogens is 1. The van der Waals surface area contributed by atoms with Crippen molar-refractivity contribution in [3.63, 3.8) is 0 Å². The zero-order valence-electron chi connectivity index (χ0n) is 28.5. The van der Waals surface area contributed by atoms with Crippen LogP contribution in [-0.2, 0) is 9.84 Å². The maximum atomic E-state index is 13.7. The van der Waals surface area contributed by atoms with Crippen LogP contribution in [0.25, 0.3) is 38.8 Å². The van der Waals surface area contributed by atoms with Gasteiger partial charge in [-0.2, -0.15) is 9.84 Å². The van der Waals surface area contributed by atoms with Crippen molar-refractivity contribution in [2.24, 2.45) is 0 Å². The normalized spacial score (nSPS) is 12.0. The highest BCUT2D eigenvalue weighted by Crippen LogP contribution is 2.44. The fourth-order valence-corrected chi connectivity index (χ4v) is 8.18. The van der Waals surface area contributed by atoms with E-state index in [1.54, 1.807) is 30.1 Å². The lowest BCUT2D eigenvalue weighted by atomic mass is 9.93. The second kappa shape index (κ2) is 13.8. The molecule has 1 heterocycles. The van der Waals surface area contributed by atoms with Gasteiger partial charge in [-0.25, -0.2) is 14.3 Å². The molecule has 0 aromatic heterocycles. The summed E-state index contributed by atoms with van der Waals surface area (Å²) in [7, 11) is -4.42. The van der Waals surface area contributed by atoms with Crippen molar-refractivity contribution in [3.8, 4) is 28.5 Å². The molecular formula is C41H35ClN4O3S. The van der Waals surface area contributed by atoms with Gasteiger partial charge in [0.1, 0.15) is 24.0 Å². The molecule has 9 heteroatoms. The Balaban J connectivity index is 1.72. The summed E-state index contributed by atoms with van der Waals surface area (Å²) < 4.78 is 36.4. The summed E-state index contributed by atoms with van der Waals surface area (Å²) in [6.07, 6.45) is 0. The number of sulfone groups is 1. The van der Waals surface area contributed by atoms with E-state index in [4.69, 9.17) is 16.0 Å². The molecule has 1 aliphatic carbocycles. The van der Waals surface area contributed by atoms with Gasteiger partial charge in [-0.15, -0.1) is 0 Å². The van der Waals surface area contributed by atoms with E-state index in [0.29, 0.717) is 51.5 Å². The molecule has 0 atom stereocenters. The van der Waals surface area contributed by atoms with E-state index in [0.717, 1.165) is 39.1 Å². The predicted molar refractivity (Wildman–Crippen MR) is 203 cm³/mol. The molecule has 0 N–H and O–H groups in total. The van der Waals surface area contributed by atoms with E-state index >= 15 is 0 Å². The maximum Gasteiger partial charge on any atom is 0.222 e. The van der Waals surface area contributed by atoms with Gasteiger partial charge in [0.15, 0.2) is 4.91 Å². The van der Waals surface area contributed by atoms with Crippen LogP contribution < -0.4 is 14.8 Å². The van der Waals surface area contributed by atoms with Crippen LogP contribution in [0.15, 0.2) is 111 Å². The van der Waals surface area contributed by atoms with E-state index in [1.165, 1.54) is 6.07 Å². The van der Waals surface area contributed by atoms with Crippen molar-refractivity contribution < 1.29 is 12.8 Å². The number of nitrogens with zero attached hydrogens (tertiary/aromatic N) is 4. The van der Waals surface area contributed by atoms with E-state index in [1.807, 2.05) is 67.6 Å². The molecule has 4 aromatic rings. The number of hydrogen-bond acceptors (Lipinski definition) is 5. The molecule has 0 unspecified atom stereocenters. The van der Waals surface area contributed by atoms with Crippen LogP contribution in [0.2, 0.25) is 5.02 Å². The number of allylic oxidation sites excluding steroid dienone is 1. The van der Waals surface area contributed by atoms with Crippen LogP contribution in [0.4, 0.5) is 17.1 Å². The minimum absolute atomic E-state index is 0.127. The molecule has 0 saturated carbocycles. The van der Waals surface area contributed by atoms with Gasteiger partial charge >= 0.3 is 0 Å². The van der Waals surface area contributed by atoms with Crippen molar-refractivity contribution >= 4 is 55.3 Å². The molecule has 0 radical (unpaired) electrons. The molecule has 7 nitrogen and oxygen atoms in total. The molecule has 2 aliphatic rings. The molecule has 50 heavy (non-hydrogen) atoms. The van der Waals surface area contributed by atoms with E-state index in [-0.39, 0.29) is 4.90 Å². The predicted octanol–water partition coefficient (Wildman–Crippen LogP) is 9.49. The van der Waals surface area contributed by atoms with Gasteiger partial charge in [0.05, 0.1) is 11.0 Å². The third kappa shape index (κ3) is 6.01. The molecule has 6 rings (SSSR count). The Morgan fingerprint density at radius 2 is 1.62 bits per heavy atom. The number of fused-ring (bicyclic) bond motifs is 2. The largest absolute Gasteiger partial charge is 0.762 e. The lowest BCUT2D eigenvalue weighted by Gasteiger charge is -2.26. The molecular weight excluding hydrogens is 664 g/mol. The van der Waals surface area contributed by atoms with Gasteiger partial charge in [-0.3, -0.25) is 0 Å². The summed E-state index contributed by atoms with van der Waals surface area (Å²) in [4.78, 5) is 1.17. The molecule has 0 amide bonds. The van der Waals surface area contributed by atoms with Crippen molar-refractivity contribution in [2.45, 2.75) is 39.5 Å². The topological polar surface area (TPSA) is 99.6 Å². The molecule has 1 aliphatic heterocycles. The van der Waals surface area contributed by atoms with Gasteiger partial charge < -0.3 is 14.7 Å². The minimum Gasteiger partial charge on any atom is -0.762 e. The second-order valence-electron chi connectivity index (χ2n) is 12.1. The van der Waals surface area contributed by atoms with Gasteiger partial charge in [0.2, 0.25) is 20.9 Å². The first kappa shape index (κ1) is 34.4. The van der Waals surface area contributed by atoms with Crippen LogP contribution in [0, 0.1) is 32.1 Å². The maximum absolute atomic E-state index is 13.7. The molecule has 4 aromatic carbocycles. The quantitative estimate of drug-likeness (QED) is 0.0682. The number of aryl methyl sites for hydroxylation is 3. The monoisotopic (exact) mass is 698 g/mol. The number of hydrogen-bond donors (Lipinski definition) is 0. The first-order chi connectivity index (χ1) is 24.0. The number of nitriles is 1. The Kier molecular flexibility index (Phi) is 9.51. The summed E-state index contributed by atoms with van der Waals surface area (Å²) in [6, 6.07) is 31.9. The fraction of sp³-hybridized carbons (Fsp3) is 0.171. The third-order valence-electron chi connectivity index (χ3n) is 9.02. The van der Waals surface area contributed by atoms with E-state index in [9.17, 15) is 19.1 Å². The van der Waals surface area contributed by atoms with Gasteiger partial charge in [-0.05, 0) is 82.6 Å². The highest BCUT2D eigenvalue weighted by atomic mass is 35.5. The first-order valence-electron chi connectivity index (χ1n) is 16.3. The van der Waals surface area contributed by atoms with Crippen molar-refractivity contribution in [2.75, 3.05) is 18.0 Å². The lowest BCUT2D eigenvalue weighted by Crippen LogP contribution is -2.26. The summed E-state index contributed by atoms with van der Waals surface area (Å²) in [6.45, 7) is 11.7. The van der Waals surface area contributed by atoms with Crippen LogP contribution in [0.5, 0.6) is 0 Å². The number of para-hydroxylation sites is 1. The van der Waals surface area contributed by atoms with Gasteiger partial charge in [0, 0.05) is 68.3 Å². The third-order valence-corrected chi connectivity index (χ3v) is 10.9. The standard InChI is InChI=1S/C41H35ClN4O3S/c1-6-45(36-20-15-29(42)21-28(36)5)30-16-18-33-37(22-30)49-38-23-31(46(7-2)41-26(3)11-10-12-27(41)4)17-19-34(38)40(33)35-13-8-9-14-39(35)50(47,48)32(24-43)25-44/h8-23H,6-7H2,1-5H3. The minimum atomic E-state index is -4.42. The zero-order chi connectivity index (χ0) is 35.7. The number of anilines is 2. The Morgan fingerprint density at radius 1 is 0.880 bits per heavy atom. The summed E-state index contributed by atoms with van der Waals surface area (Å²) in [5.41, 5.74) is 8.52. The zero-order valence-corrected chi connectivity index (χ0v) is 30.0. The van der Waals surface area contributed by atoms with Crippen molar-refractivity contribution in [1.82, 2.24) is 4.58 Å². The summed E-state index contributed by atoms with van der Waals surface area (Å²) in [5.74, 6) is 2.12. The summed E-state index contributed by atoms with van der Waals surface area (Å²) >= 11 is 6.29. The summed E-state index contributed by atoms with van der Waals surface area (Å²) in [5, 5.41) is 21.4. The van der Waals surface area contributed by atoms with Crippen molar-refractivity contribution in [1.29, 1.82) is 5.26 Å². The highest BCUT2D eigenvalue weighted by molar-refractivity contribution is 7.96. The van der Waals surface area contributed by atoms with E-state index < -0.39 is 14.7 Å². The highest BCUT2D eigenvalue weighted by Gasteiger charge is 2.28. The van der Waals surface area contributed by atoms with E-state index in [2.05, 4.69) is 49.3 Å². The number of rotatable bonds is 8. The molecule has 0 saturated heterocycles. The van der Waals surface area contributed by atoms with Gasteiger partial charge in [-0.1, -0.05) is 48.0 Å². The Labute approximate surface area is 297 Å². The molecule has 0 fully saturated rings. The average molecular weight is 699 g/mol. The molecule has 250 valence electrons. The Hall–Kier alpha value is -5.45. The molecule has 0 spiro atoms. The average Bonchev–Trinajstić information content (AvgIpc) is 3.10. The van der Waals surface area contributed by atoms with Crippen LogP contribution in [0.1, 0.15) is 30.5 Å². The lowest BCUT2D eigenvalue weighted by molar-refractivity contribution is 0.603. The molecule has 0 bridgehead atoms. The fourth-order valence-electron chi connectivity index (χ4n) is 6.77. The van der Waals surface area contributed by atoms with Crippen LogP contribution in [0.3, 0.4) is 0 Å². The Bertz CT molecular complexity index is 2540. The SMILES string of the molecule is CCN(c1ccc2c(-c3ccccc3S(=O)(=O)C(=C=[N-])C#N)c3ccc(=[N+](CC)c4c(C)cccc4C)cc-3oc2c1)c1ccc(Cl)cc1C. The van der Waals surface area contributed by atoms with Crippen LogP contribution in [-0.4, -0.2) is 27.4 Å². The number of benzene rings is 5. The van der Waals surface area contributed by atoms with Crippen molar-refractivity contribution in [3.05, 3.63) is 134 Å². The Morgan fingerprint density at radius 3 is 2.28 bits per heavy atom.